The van der Waals surface area contributed by atoms with Gasteiger partial charge in [-0.15, -0.1) is 0 Å². The van der Waals surface area contributed by atoms with Crippen molar-refractivity contribution in [3.05, 3.63) is 60.2 Å². The van der Waals surface area contributed by atoms with E-state index in [1.165, 1.54) is 0 Å². The first kappa shape index (κ1) is 20.4. The van der Waals surface area contributed by atoms with E-state index in [9.17, 15) is 14.4 Å². The second-order valence-electron chi connectivity index (χ2n) is 6.70. The number of esters is 1. The molecule has 1 aliphatic rings. The van der Waals surface area contributed by atoms with Gasteiger partial charge < -0.3 is 19.7 Å². The summed E-state index contributed by atoms with van der Waals surface area (Å²) in [5.41, 5.74) is 1.59. The molecule has 0 aromatic heterocycles. The lowest BCUT2D eigenvalue weighted by Gasteiger charge is -2.17. The van der Waals surface area contributed by atoms with Crippen molar-refractivity contribution < 1.29 is 23.9 Å². The van der Waals surface area contributed by atoms with Gasteiger partial charge in [0.2, 0.25) is 11.8 Å². The third-order valence-electron chi connectivity index (χ3n) is 4.60. The molecule has 2 aromatic carbocycles. The molecule has 1 heterocycles. The number of hydrogen-bond acceptors (Lipinski definition) is 5. The van der Waals surface area contributed by atoms with Gasteiger partial charge in [0.1, 0.15) is 18.9 Å². The minimum Gasteiger partial charge on any atom is -0.494 e. The number of ether oxygens (including phenoxy) is 2. The van der Waals surface area contributed by atoms with Crippen LogP contribution in [0.4, 0.5) is 5.69 Å². The summed E-state index contributed by atoms with van der Waals surface area (Å²) < 4.78 is 10.5. The van der Waals surface area contributed by atoms with Crippen LogP contribution >= 0.6 is 0 Å². The Kier molecular flexibility index (Phi) is 6.84. The highest BCUT2D eigenvalue weighted by molar-refractivity contribution is 6.00. The summed E-state index contributed by atoms with van der Waals surface area (Å²) in [5, 5.41) is 2.57. The number of carbonyl (C=O) groups is 3. The van der Waals surface area contributed by atoms with E-state index in [0.717, 1.165) is 17.0 Å². The molecule has 1 atom stereocenters. The van der Waals surface area contributed by atoms with Crippen LogP contribution in [0.2, 0.25) is 0 Å². The topological polar surface area (TPSA) is 84.9 Å². The maximum Gasteiger partial charge on any atom is 0.325 e. The van der Waals surface area contributed by atoms with Crippen LogP contribution in [0.1, 0.15) is 18.9 Å². The zero-order valence-electron chi connectivity index (χ0n) is 16.3. The molecule has 2 aromatic rings. The van der Waals surface area contributed by atoms with E-state index in [0.29, 0.717) is 6.61 Å². The SMILES string of the molecule is CCOc1ccc(N2CC(C(=O)NCC(=O)OCc3ccccc3)CC2=O)cc1. The van der Waals surface area contributed by atoms with Gasteiger partial charge in [-0.3, -0.25) is 14.4 Å². The number of nitrogens with one attached hydrogen (secondary N) is 1. The lowest BCUT2D eigenvalue weighted by molar-refractivity contribution is -0.145. The van der Waals surface area contributed by atoms with Gasteiger partial charge in [0.15, 0.2) is 0 Å². The van der Waals surface area contributed by atoms with Gasteiger partial charge in [0, 0.05) is 18.7 Å². The second-order valence-corrected chi connectivity index (χ2v) is 6.70. The van der Waals surface area contributed by atoms with Crippen molar-refractivity contribution in [2.45, 2.75) is 20.0 Å². The van der Waals surface area contributed by atoms with Crippen LogP contribution in [-0.2, 0) is 25.7 Å². The minimum atomic E-state index is -0.519. The van der Waals surface area contributed by atoms with Gasteiger partial charge in [-0.2, -0.15) is 0 Å². The van der Waals surface area contributed by atoms with Gasteiger partial charge in [-0.05, 0) is 36.8 Å². The smallest absolute Gasteiger partial charge is 0.325 e. The summed E-state index contributed by atoms with van der Waals surface area (Å²) in [7, 11) is 0. The van der Waals surface area contributed by atoms with E-state index in [2.05, 4.69) is 5.32 Å². The molecule has 29 heavy (non-hydrogen) atoms. The van der Waals surface area contributed by atoms with Crippen molar-refractivity contribution in [3.63, 3.8) is 0 Å². The van der Waals surface area contributed by atoms with Gasteiger partial charge in [0.05, 0.1) is 12.5 Å². The molecule has 1 N–H and O–H groups in total. The van der Waals surface area contributed by atoms with E-state index < -0.39 is 11.9 Å². The predicted molar refractivity (Wildman–Crippen MR) is 107 cm³/mol. The number of nitrogens with zero attached hydrogens (tertiary/aromatic N) is 1. The summed E-state index contributed by atoms with van der Waals surface area (Å²) >= 11 is 0. The Bertz CT molecular complexity index is 851. The summed E-state index contributed by atoms with van der Waals surface area (Å²) in [6.45, 7) is 2.68. The molecule has 1 fully saturated rings. The van der Waals surface area contributed by atoms with Crippen LogP contribution < -0.4 is 15.0 Å². The van der Waals surface area contributed by atoms with Crippen molar-refractivity contribution in [1.29, 1.82) is 0 Å². The van der Waals surface area contributed by atoms with E-state index in [1.54, 1.807) is 29.2 Å². The number of rotatable bonds is 8. The molecule has 0 radical (unpaired) electrons. The number of benzene rings is 2. The first-order valence-corrected chi connectivity index (χ1v) is 9.57. The highest BCUT2D eigenvalue weighted by Gasteiger charge is 2.35. The Morgan fingerprint density at radius 1 is 1.10 bits per heavy atom. The van der Waals surface area contributed by atoms with E-state index in [4.69, 9.17) is 9.47 Å². The van der Waals surface area contributed by atoms with Gasteiger partial charge >= 0.3 is 5.97 Å². The monoisotopic (exact) mass is 396 g/mol. The van der Waals surface area contributed by atoms with Gasteiger partial charge in [-0.25, -0.2) is 0 Å². The van der Waals surface area contributed by atoms with Crippen LogP contribution in [0.25, 0.3) is 0 Å². The normalized spacial score (nSPS) is 15.8. The molecule has 2 amide bonds. The maximum atomic E-state index is 12.4. The molecule has 7 nitrogen and oxygen atoms in total. The summed E-state index contributed by atoms with van der Waals surface area (Å²) in [4.78, 5) is 38.1. The third-order valence-corrected chi connectivity index (χ3v) is 4.60. The van der Waals surface area contributed by atoms with Crippen LogP contribution in [0.5, 0.6) is 5.75 Å². The second kappa shape index (κ2) is 9.73. The van der Waals surface area contributed by atoms with Crippen LogP contribution in [0.3, 0.4) is 0 Å². The molecule has 0 aliphatic carbocycles. The summed E-state index contributed by atoms with van der Waals surface area (Å²) in [5.74, 6) is -0.749. The zero-order valence-corrected chi connectivity index (χ0v) is 16.3. The van der Waals surface area contributed by atoms with Crippen LogP contribution in [0, 0.1) is 5.92 Å². The Morgan fingerprint density at radius 2 is 1.83 bits per heavy atom. The van der Waals surface area contributed by atoms with Gasteiger partial charge in [0.25, 0.3) is 0 Å². The first-order chi connectivity index (χ1) is 14.1. The number of hydrogen-bond donors (Lipinski definition) is 1. The Labute approximate surface area is 169 Å². The highest BCUT2D eigenvalue weighted by atomic mass is 16.5. The van der Waals surface area contributed by atoms with Crippen molar-refractivity contribution in [3.8, 4) is 5.75 Å². The predicted octanol–water partition coefficient (Wildman–Crippen LogP) is 2.30. The molecule has 7 heteroatoms. The standard InChI is InChI=1S/C22H24N2O5/c1-2-28-19-10-8-18(9-11-19)24-14-17(12-20(24)25)22(27)23-13-21(26)29-15-16-6-4-3-5-7-16/h3-11,17H,2,12-15H2,1H3,(H,23,27). The lowest BCUT2D eigenvalue weighted by atomic mass is 10.1. The molecule has 0 bridgehead atoms. The molecule has 3 rings (SSSR count). The summed E-state index contributed by atoms with van der Waals surface area (Å²) in [6, 6.07) is 16.5. The zero-order chi connectivity index (χ0) is 20.6. The highest BCUT2D eigenvalue weighted by Crippen LogP contribution is 2.27. The van der Waals surface area contributed by atoms with Gasteiger partial charge in [-0.1, -0.05) is 30.3 Å². The molecule has 0 spiro atoms. The maximum absolute atomic E-state index is 12.4. The average molecular weight is 396 g/mol. The average Bonchev–Trinajstić information content (AvgIpc) is 3.14. The van der Waals surface area contributed by atoms with Crippen molar-refractivity contribution >= 4 is 23.5 Å². The molecule has 1 unspecified atom stereocenters. The van der Waals surface area contributed by atoms with E-state index >= 15 is 0 Å². The van der Waals surface area contributed by atoms with E-state index in [1.807, 2.05) is 37.3 Å². The molecular weight excluding hydrogens is 372 g/mol. The fourth-order valence-corrected chi connectivity index (χ4v) is 3.11. The van der Waals surface area contributed by atoms with E-state index in [-0.39, 0.29) is 37.9 Å². The molecule has 152 valence electrons. The Morgan fingerprint density at radius 3 is 2.52 bits per heavy atom. The largest absolute Gasteiger partial charge is 0.494 e. The third kappa shape index (κ3) is 5.57. The quantitative estimate of drug-likeness (QED) is 0.692. The number of anilines is 1. The fraction of sp³-hybridized carbons (Fsp3) is 0.318. The molecular formula is C22H24N2O5. The number of amides is 2. The molecule has 0 saturated carbocycles. The molecule has 1 saturated heterocycles. The lowest BCUT2D eigenvalue weighted by Crippen LogP contribution is -2.36. The first-order valence-electron chi connectivity index (χ1n) is 9.57. The van der Waals surface area contributed by atoms with Crippen molar-refractivity contribution in [2.75, 3.05) is 24.6 Å². The Hall–Kier alpha value is -3.35. The van der Waals surface area contributed by atoms with Crippen LogP contribution in [-0.4, -0.2) is 37.5 Å². The van der Waals surface area contributed by atoms with Crippen molar-refractivity contribution in [2.24, 2.45) is 5.92 Å². The number of carbonyl (C=O) groups excluding carboxylic acids is 3. The fourth-order valence-electron chi connectivity index (χ4n) is 3.11. The minimum absolute atomic E-state index is 0.109. The van der Waals surface area contributed by atoms with Crippen LogP contribution in [0.15, 0.2) is 54.6 Å². The molecule has 1 aliphatic heterocycles. The van der Waals surface area contributed by atoms with Crippen molar-refractivity contribution in [1.82, 2.24) is 5.32 Å². The summed E-state index contributed by atoms with van der Waals surface area (Å²) in [6.07, 6.45) is 0.109. The Balaban J connectivity index is 1.46.